The number of ether oxygens (including phenoxy) is 1. The molecule has 0 aliphatic carbocycles. The van der Waals surface area contributed by atoms with Crippen molar-refractivity contribution in [3.8, 4) is 5.75 Å². The number of nitrogens with two attached hydrogens (primary N) is 1. The number of methoxy groups -OCH3 is 1. The van der Waals surface area contributed by atoms with Crippen LogP contribution in [0.3, 0.4) is 0 Å². The van der Waals surface area contributed by atoms with Crippen molar-refractivity contribution in [1.29, 1.82) is 0 Å². The highest BCUT2D eigenvalue weighted by molar-refractivity contribution is 5.37. The van der Waals surface area contributed by atoms with Gasteiger partial charge in [0.1, 0.15) is 5.75 Å². The minimum absolute atomic E-state index is 0.560. The van der Waals surface area contributed by atoms with Gasteiger partial charge in [-0.25, -0.2) is 0 Å². The van der Waals surface area contributed by atoms with Crippen molar-refractivity contribution in [2.45, 2.75) is 13.0 Å². The molecule has 3 heteroatoms. The van der Waals surface area contributed by atoms with E-state index in [4.69, 9.17) is 10.5 Å². The molecule has 15 heavy (non-hydrogen) atoms. The lowest BCUT2D eigenvalue weighted by Crippen LogP contribution is -2.15. The zero-order valence-corrected chi connectivity index (χ0v) is 9.79. The Morgan fingerprint density at radius 1 is 1.33 bits per heavy atom. The number of hydrogen-bond acceptors (Lipinski definition) is 3. The summed E-state index contributed by atoms with van der Waals surface area (Å²) in [6, 6.07) is 6.18. The predicted molar refractivity (Wildman–Crippen MR) is 63.1 cm³/mol. The van der Waals surface area contributed by atoms with Gasteiger partial charge < -0.3 is 15.4 Å². The van der Waals surface area contributed by atoms with Gasteiger partial charge in [0.2, 0.25) is 0 Å². The Morgan fingerprint density at radius 3 is 2.60 bits per heavy atom. The van der Waals surface area contributed by atoms with E-state index in [9.17, 15) is 0 Å². The normalized spacial score (nSPS) is 10.7. The van der Waals surface area contributed by atoms with Crippen LogP contribution in [0.15, 0.2) is 18.2 Å². The molecule has 1 aromatic rings. The van der Waals surface area contributed by atoms with Crippen LogP contribution in [0.4, 0.5) is 0 Å². The van der Waals surface area contributed by atoms with E-state index in [2.05, 4.69) is 31.1 Å². The summed E-state index contributed by atoms with van der Waals surface area (Å²) in [7, 11) is 5.84. The third-order valence-electron chi connectivity index (χ3n) is 2.42. The van der Waals surface area contributed by atoms with Crippen molar-refractivity contribution in [3.63, 3.8) is 0 Å². The largest absolute Gasteiger partial charge is 0.496 e. The zero-order chi connectivity index (χ0) is 11.3. The Kier molecular flexibility index (Phi) is 4.59. The van der Waals surface area contributed by atoms with Crippen LogP contribution >= 0.6 is 0 Å². The van der Waals surface area contributed by atoms with E-state index >= 15 is 0 Å². The Balaban J connectivity index is 2.78. The van der Waals surface area contributed by atoms with Crippen LogP contribution in [0.25, 0.3) is 0 Å². The molecular weight excluding hydrogens is 188 g/mol. The van der Waals surface area contributed by atoms with Crippen LogP contribution in [0, 0.1) is 0 Å². The maximum absolute atomic E-state index is 5.58. The summed E-state index contributed by atoms with van der Waals surface area (Å²) in [4.78, 5) is 2.16. The van der Waals surface area contributed by atoms with Crippen LogP contribution in [-0.2, 0) is 13.0 Å². The van der Waals surface area contributed by atoms with Crippen molar-refractivity contribution in [2.75, 3.05) is 27.7 Å². The maximum Gasteiger partial charge on any atom is 0.122 e. The second kappa shape index (κ2) is 5.73. The highest BCUT2D eigenvalue weighted by Gasteiger charge is 2.04. The average Bonchev–Trinajstić information content (AvgIpc) is 2.25. The molecule has 0 radical (unpaired) electrons. The van der Waals surface area contributed by atoms with Gasteiger partial charge >= 0.3 is 0 Å². The lowest BCUT2D eigenvalue weighted by Gasteiger charge is -2.13. The fourth-order valence-corrected chi connectivity index (χ4v) is 1.47. The molecular formula is C12H20N2O. The molecule has 0 unspecified atom stereocenters. The number of likely N-dealkylation sites (N-methyl/N-ethyl adjacent to an activating group) is 1. The summed E-state index contributed by atoms with van der Waals surface area (Å²) in [5, 5.41) is 0. The van der Waals surface area contributed by atoms with E-state index < -0.39 is 0 Å². The first-order valence-corrected chi connectivity index (χ1v) is 5.18. The smallest absolute Gasteiger partial charge is 0.122 e. The molecule has 0 aromatic heterocycles. The van der Waals surface area contributed by atoms with E-state index in [0.717, 1.165) is 24.3 Å². The molecule has 0 spiro atoms. The molecule has 2 N–H and O–H groups in total. The Labute approximate surface area is 91.8 Å². The molecule has 0 saturated carbocycles. The molecule has 1 rings (SSSR count). The lowest BCUT2D eigenvalue weighted by molar-refractivity contribution is 0.391. The second-order valence-electron chi connectivity index (χ2n) is 3.90. The lowest BCUT2D eigenvalue weighted by atomic mass is 10.1. The van der Waals surface area contributed by atoms with E-state index in [1.165, 1.54) is 5.56 Å². The van der Waals surface area contributed by atoms with Gasteiger partial charge in [-0.3, -0.25) is 0 Å². The Morgan fingerprint density at radius 2 is 2.07 bits per heavy atom. The fourth-order valence-electron chi connectivity index (χ4n) is 1.47. The number of rotatable bonds is 5. The topological polar surface area (TPSA) is 38.5 Å². The van der Waals surface area contributed by atoms with Crippen molar-refractivity contribution in [2.24, 2.45) is 5.73 Å². The summed E-state index contributed by atoms with van der Waals surface area (Å²) < 4.78 is 5.35. The van der Waals surface area contributed by atoms with E-state index in [0.29, 0.717) is 6.54 Å². The number of benzene rings is 1. The van der Waals surface area contributed by atoms with Crippen LogP contribution < -0.4 is 10.5 Å². The first-order valence-electron chi connectivity index (χ1n) is 5.18. The second-order valence-corrected chi connectivity index (χ2v) is 3.90. The molecule has 84 valence electrons. The summed E-state index contributed by atoms with van der Waals surface area (Å²) >= 11 is 0. The predicted octanol–water partition coefficient (Wildman–Crippen LogP) is 1.26. The van der Waals surface area contributed by atoms with Gasteiger partial charge in [0.05, 0.1) is 7.11 Å². The third-order valence-corrected chi connectivity index (χ3v) is 2.42. The van der Waals surface area contributed by atoms with Crippen molar-refractivity contribution in [3.05, 3.63) is 29.3 Å². The van der Waals surface area contributed by atoms with Crippen molar-refractivity contribution >= 4 is 0 Å². The maximum atomic E-state index is 5.58. The SMILES string of the molecule is COc1cc(CN)ccc1CCN(C)C. The molecule has 0 fully saturated rings. The fraction of sp³-hybridized carbons (Fsp3) is 0.500. The molecule has 0 atom stereocenters. The van der Waals surface area contributed by atoms with E-state index in [-0.39, 0.29) is 0 Å². The molecule has 1 aromatic carbocycles. The highest BCUT2D eigenvalue weighted by atomic mass is 16.5. The summed E-state index contributed by atoms with van der Waals surface area (Å²) in [5.74, 6) is 0.944. The van der Waals surface area contributed by atoms with Crippen molar-refractivity contribution < 1.29 is 4.74 Å². The van der Waals surface area contributed by atoms with E-state index in [1.54, 1.807) is 7.11 Å². The summed E-state index contributed by atoms with van der Waals surface area (Å²) in [5.41, 5.74) is 7.93. The molecule has 0 heterocycles. The van der Waals surface area contributed by atoms with E-state index in [1.807, 2.05) is 6.07 Å². The van der Waals surface area contributed by atoms with Gasteiger partial charge in [0.25, 0.3) is 0 Å². The Bertz CT molecular complexity index is 310. The van der Waals surface area contributed by atoms with Crippen LogP contribution in [0.1, 0.15) is 11.1 Å². The molecule has 0 bridgehead atoms. The van der Waals surface area contributed by atoms with Crippen LogP contribution in [-0.4, -0.2) is 32.6 Å². The monoisotopic (exact) mass is 208 g/mol. The number of nitrogens with zero attached hydrogens (tertiary/aromatic N) is 1. The average molecular weight is 208 g/mol. The van der Waals surface area contributed by atoms with Crippen LogP contribution in [0.5, 0.6) is 5.75 Å². The zero-order valence-electron chi connectivity index (χ0n) is 9.79. The van der Waals surface area contributed by atoms with Gasteiger partial charge in [-0.05, 0) is 37.7 Å². The molecule has 0 aliphatic heterocycles. The molecule has 3 nitrogen and oxygen atoms in total. The first kappa shape index (κ1) is 12.0. The molecule has 0 amide bonds. The first-order chi connectivity index (χ1) is 7.17. The molecule has 0 saturated heterocycles. The van der Waals surface area contributed by atoms with Gasteiger partial charge in [-0.15, -0.1) is 0 Å². The quantitative estimate of drug-likeness (QED) is 0.791. The van der Waals surface area contributed by atoms with Crippen LogP contribution in [0.2, 0.25) is 0 Å². The third kappa shape index (κ3) is 3.53. The highest BCUT2D eigenvalue weighted by Crippen LogP contribution is 2.20. The summed E-state index contributed by atoms with van der Waals surface area (Å²) in [6.45, 7) is 1.59. The summed E-state index contributed by atoms with van der Waals surface area (Å²) in [6.07, 6.45) is 1.00. The standard InChI is InChI=1S/C12H20N2O/c1-14(2)7-6-11-5-4-10(9-13)8-12(11)15-3/h4-5,8H,6-7,9,13H2,1-3H3. The van der Waals surface area contributed by atoms with Crippen molar-refractivity contribution in [1.82, 2.24) is 4.90 Å². The van der Waals surface area contributed by atoms with Gasteiger partial charge in [-0.1, -0.05) is 12.1 Å². The molecule has 0 aliphatic rings. The van der Waals surface area contributed by atoms with Gasteiger partial charge in [0.15, 0.2) is 0 Å². The van der Waals surface area contributed by atoms with Gasteiger partial charge in [0, 0.05) is 13.1 Å². The Hall–Kier alpha value is -1.06. The van der Waals surface area contributed by atoms with Gasteiger partial charge in [-0.2, -0.15) is 0 Å². The minimum atomic E-state index is 0.560. The number of hydrogen-bond donors (Lipinski definition) is 1. The minimum Gasteiger partial charge on any atom is -0.496 e.